The van der Waals surface area contributed by atoms with Gasteiger partial charge >= 0.3 is 5.97 Å². The molecule has 1 fully saturated rings. The quantitative estimate of drug-likeness (QED) is 0.851. The Hall–Kier alpha value is -1.84. The second-order valence-electron chi connectivity index (χ2n) is 4.84. The summed E-state index contributed by atoms with van der Waals surface area (Å²) in [4.78, 5) is 22.7. The molecule has 0 radical (unpaired) electrons. The van der Waals surface area contributed by atoms with Gasteiger partial charge in [0.25, 0.3) is 0 Å². The number of amides is 1. The summed E-state index contributed by atoms with van der Waals surface area (Å²) >= 11 is 0. The van der Waals surface area contributed by atoms with Crippen molar-refractivity contribution in [2.75, 3.05) is 0 Å². The van der Waals surface area contributed by atoms with Crippen LogP contribution in [0.5, 0.6) is 0 Å². The summed E-state index contributed by atoms with van der Waals surface area (Å²) in [6.45, 7) is 2.46. The monoisotopic (exact) mass is 247 g/mol. The van der Waals surface area contributed by atoms with Crippen LogP contribution in [0.25, 0.3) is 0 Å². The van der Waals surface area contributed by atoms with E-state index in [4.69, 9.17) is 5.11 Å². The Morgan fingerprint density at radius 3 is 2.61 bits per heavy atom. The van der Waals surface area contributed by atoms with E-state index < -0.39 is 11.9 Å². The van der Waals surface area contributed by atoms with E-state index in [9.17, 15) is 9.59 Å². The zero-order valence-electron chi connectivity index (χ0n) is 10.3. The SMILES string of the molecule is Cc1cccc(CNC(=O)C2CCC2C(=O)O)c1. The lowest BCUT2D eigenvalue weighted by Crippen LogP contribution is -2.43. The number of carbonyl (C=O) groups excluding carboxylic acids is 1. The average molecular weight is 247 g/mol. The molecule has 1 aliphatic rings. The Morgan fingerprint density at radius 1 is 1.33 bits per heavy atom. The van der Waals surface area contributed by atoms with Crippen LogP contribution in [0.3, 0.4) is 0 Å². The van der Waals surface area contributed by atoms with Crippen molar-refractivity contribution in [3.8, 4) is 0 Å². The van der Waals surface area contributed by atoms with Crippen molar-refractivity contribution in [1.82, 2.24) is 5.32 Å². The Labute approximate surface area is 106 Å². The smallest absolute Gasteiger partial charge is 0.307 e. The van der Waals surface area contributed by atoms with E-state index in [-0.39, 0.29) is 11.8 Å². The van der Waals surface area contributed by atoms with E-state index in [0.29, 0.717) is 19.4 Å². The van der Waals surface area contributed by atoms with E-state index in [1.807, 2.05) is 31.2 Å². The van der Waals surface area contributed by atoms with Crippen LogP contribution in [0, 0.1) is 18.8 Å². The van der Waals surface area contributed by atoms with Gasteiger partial charge in [0.2, 0.25) is 5.91 Å². The maximum atomic E-state index is 11.8. The predicted molar refractivity (Wildman–Crippen MR) is 66.9 cm³/mol. The number of benzene rings is 1. The van der Waals surface area contributed by atoms with Crippen LogP contribution in [0.1, 0.15) is 24.0 Å². The maximum absolute atomic E-state index is 11.8. The highest BCUT2D eigenvalue weighted by molar-refractivity contribution is 5.86. The fourth-order valence-electron chi connectivity index (χ4n) is 2.25. The van der Waals surface area contributed by atoms with Crippen LogP contribution in [0.4, 0.5) is 0 Å². The first kappa shape index (κ1) is 12.6. The van der Waals surface area contributed by atoms with E-state index in [2.05, 4.69) is 5.32 Å². The van der Waals surface area contributed by atoms with Crippen LogP contribution < -0.4 is 5.32 Å². The molecule has 1 aliphatic carbocycles. The van der Waals surface area contributed by atoms with E-state index in [1.54, 1.807) is 0 Å². The van der Waals surface area contributed by atoms with Crippen LogP contribution >= 0.6 is 0 Å². The molecule has 0 aliphatic heterocycles. The molecule has 1 saturated carbocycles. The van der Waals surface area contributed by atoms with Crippen LogP contribution in [-0.4, -0.2) is 17.0 Å². The number of carboxylic acid groups (broad SMARTS) is 1. The van der Waals surface area contributed by atoms with Crippen molar-refractivity contribution >= 4 is 11.9 Å². The van der Waals surface area contributed by atoms with Gasteiger partial charge in [0, 0.05) is 6.54 Å². The lowest BCUT2D eigenvalue weighted by molar-refractivity contribution is -0.152. The molecule has 0 saturated heterocycles. The summed E-state index contributed by atoms with van der Waals surface area (Å²) < 4.78 is 0. The van der Waals surface area contributed by atoms with Crippen molar-refractivity contribution in [3.05, 3.63) is 35.4 Å². The fourth-order valence-corrected chi connectivity index (χ4v) is 2.25. The highest BCUT2D eigenvalue weighted by atomic mass is 16.4. The predicted octanol–water partition coefficient (Wildman–Crippen LogP) is 1.72. The third-order valence-electron chi connectivity index (χ3n) is 3.48. The summed E-state index contributed by atoms with van der Waals surface area (Å²) in [5.41, 5.74) is 2.18. The lowest BCUT2D eigenvalue weighted by atomic mass is 9.73. The molecule has 1 aromatic rings. The number of carboxylic acids is 1. The van der Waals surface area contributed by atoms with E-state index in [0.717, 1.165) is 11.1 Å². The molecular formula is C14H17NO3. The molecule has 2 unspecified atom stereocenters. The van der Waals surface area contributed by atoms with Crippen LogP contribution in [0.15, 0.2) is 24.3 Å². The van der Waals surface area contributed by atoms with Gasteiger partial charge in [-0.25, -0.2) is 0 Å². The lowest BCUT2D eigenvalue weighted by Gasteiger charge is -2.31. The zero-order valence-corrected chi connectivity index (χ0v) is 10.3. The molecule has 0 bridgehead atoms. The topological polar surface area (TPSA) is 66.4 Å². The summed E-state index contributed by atoms with van der Waals surface area (Å²) in [6, 6.07) is 7.90. The first-order valence-electron chi connectivity index (χ1n) is 6.14. The minimum absolute atomic E-state index is 0.143. The number of nitrogens with one attached hydrogen (secondary N) is 1. The van der Waals surface area contributed by atoms with Crippen LogP contribution in [0.2, 0.25) is 0 Å². The molecule has 1 aromatic carbocycles. The molecule has 4 nitrogen and oxygen atoms in total. The second kappa shape index (κ2) is 5.21. The molecular weight excluding hydrogens is 230 g/mol. The van der Waals surface area contributed by atoms with E-state index in [1.165, 1.54) is 0 Å². The fraction of sp³-hybridized carbons (Fsp3) is 0.429. The van der Waals surface area contributed by atoms with Gasteiger partial charge in [-0.05, 0) is 25.3 Å². The van der Waals surface area contributed by atoms with Gasteiger partial charge in [-0.2, -0.15) is 0 Å². The highest BCUT2D eigenvalue weighted by Crippen LogP contribution is 2.34. The largest absolute Gasteiger partial charge is 0.481 e. The first-order valence-corrected chi connectivity index (χ1v) is 6.14. The molecule has 4 heteroatoms. The molecule has 2 rings (SSSR count). The second-order valence-corrected chi connectivity index (χ2v) is 4.84. The van der Waals surface area contributed by atoms with Gasteiger partial charge in [-0.15, -0.1) is 0 Å². The molecule has 2 atom stereocenters. The third-order valence-corrected chi connectivity index (χ3v) is 3.48. The zero-order chi connectivity index (χ0) is 13.1. The van der Waals surface area contributed by atoms with Crippen molar-refractivity contribution < 1.29 is 14.7 Å². The minimum Gasteiger partial charge on any atom is -0.481 e. The average Bonchev–Trinajstić information content (AvgIpc) is 2.24. The van der Waals surface area contributed by atoms with E-state index >= 15 is 0 Å². The number of carbonyl (C=O) groups is 2. The summed E-state index contributed by atoms with van der Waals surface area (Å²) in [5, 5.41) is 11.7. The summed E-state index contributed by atoms with van der Waals surface area (Å²) in [6.07, 6.45) is 1.29. The van der Waals surface area contributed by atoms with Gasteiger partial charge in [0.15, 0.2) is 0 Å². The standard InChI is InChI=1S/C14H17NO3/c1-9-3-2-4-10(7-9)8-15-13(16)11-5-6-12(11)14(17)18/h2-4,7,11-12H,5-6,8H2,1H3,(H,15,16)(H,17,18). The number of hydrogen-bond donors (Lipinski definition) is 2. The number of hydrogen-bond acceptors (Lipinski definition) is 2. The molecule has 0 heterocycles. The van der Waals surface area contributed by atoms with Crippen LogP contribution in [-0.2, 0) is 16.1 Å². The van der Waals surface area contributed by atoms with Gasteiger partial charge < -0.3 is 10.4 Å². The number of rotatable bonds is 4. The Kier molecular flexibility index (Phi) is 3.65. The Morgan fingerprint density at radius 2 is 2.06 bits per heavy atom. The molecule has 2 N–H and O–H groups in total. The third kappa shape index (κ3) is 2.70. The van der Waals surface area contributed by atoms with Gasteiger partial charge in [-0.1, -0.05) is 29.8 Å². The highest BCUT2D eigenvalue weighted by Gasteiger charge is 2.41. The molecule has 96 valence electrons. The van der Waals surface area contributed by atoms with Crippen molar-refractivity contribution in [1.29, 1.82) is 0 Å². The Bertz CT molecular complexity index is 470. The number of aliphatic carboxylic acids is 1. The van der Waals surface area contributed by atoms with Gasteiger partial charge in [-0.3, -0.25) is 9.59 Å². The van der Waals surface area contributed by atoms with Crippen molar-refractivity contribution in [2.45, 2.75) is 26.3 Å². The normalized spacial score (nSPS) is 22.1. The maximum Gasteiger partial charge on any atom is 0.307 e. The molecule has 0 spiro atoms. The molecule has 1 amide bonds. The minimum atomic E-state index is -0.864. The van der Waals surface area contributed by atoms with Gasteiger partial charge in [0.1, 0.15) is 0 Å². The van der Waals surface area contributed by atoms with Crippen molar-refractivity contribution in [3.63, 3.8) is 0 Å². The summed E-state index contributed by atoms with van der Waals surface area (Å²) in [7, 11) is 0. The van der Waals surface area contributed by atoms with Crippen molar-refractivity contribution in [2.24, 2.45) is 11.8 Å². The first-order chi connectivity index (χ1) is 8.58. The van der Waals surface area contributed by atoms with Gasteiger partial charge in [0.05, 0.1) is 11.8 Å². The number of aryl methyl sites for hydroxylation is 1. The Balaban J connectivity index is 1.87. The summed E-state index contributed by atoms with van der Waals surface area (Å²) in [5.74, 6) is -1.86. The molecule has 18 heavy (non-hydrogen) atoms. The molecule has 0 aromatic heterocycles.